The van der Waals surface area contributed by atoms with Gasteiger partial charge in [-0.15, -0.1) is 0 Å². The van der Waals surface area contributed by atoms with Crippen LogP contribution < -0.4 is 0 Å². The fraction of sp³-hybridized carbons (Fsp3) is 0. The Morgan fingerprint density at radius 1 is 0.444 bits per heavy atom. The fourth-order valence-corrected chi connectivity index (χ4v) is 7.89. The summed E-state index contributed by atoms with van der Waals surface area (Å²) in [6, 6.07) is 61.4. The molecule has 4 heterocycles. The van der Waals surface area contributed by atoms with E-state index in [0.29, 0.717) is 5.82 Å². The highest BCUT2D eigenvalue weighted by atomic mass is 16.3. The van der Waals surface area contributed by atoms with E-state index in [1.807, 2.05) is 36.5 Å². The van der Waals surface area contributed by atoms with Gasteiger partial charge >= 0.3 is 0 Å². The summed E-state index contributed by atoms with van der Waals surface area (Å²) >= 11 is 0. The van der Waals surface area contributed by atoms with E-state index in [4.69, 9.17) is 19.4 Å². The molecule has 0 radical (unpaired) electrons. The van der Waals surface area contributed by atoms with Gasteiger partial charge in [-0.3, -0.25) is 4.98 Å². The van der Waals surface area contributed by atoms with Crippen LogP contribution in [-0.4, -0.2) is 19.5 Å². The number of nitrogens with zero attached hydrogens (tertiary/aromatic N) is 4. The molecule has 0 N–H and O–H groups in total. The Bertz CT molecular complexity index is 3180. The lowest BCUT2D eigenvalue weighted by atomic mass is 10.00. The Balaban J connectivity index is 1.21. The van der Waals surface area contributed by atoms with Gasteiger partial charge in [0.15, 0.2) is 11.4 Å². The highest BCUT2D eigenvalue weighted by Crippen LogP contribution is 2.40. The van der Waals surface area contributed by atoms with Crippen LogP contribution in [-0.2, 0) is 0 Å². The van der Waals surface area contributed by atoms with E-state index in [1.165, 1.54) is 21.5 Å². The van der Waals surface area contributed by atoms with Gasteiger partial charge in [-0.1, -0.05) is 115 Å². The lowest BCUT2D eigenvalue weighted by molar-refractivity contribution is 0.669. The molecule has 4 aromatic heterocycles. The molecule has 54 heavy (non-hydrogen) atoms. The summed E-state index contributed by atoms with van der Waals surface area (Å²) in [7, 11) is 0. The molecule has 0 aliphatic carbocycles. The highest BCUT2D eigenvalue weighted by molar-refractivity contribution is 6.10. The Labute approximate surface area is 310 Å². The smallest absolute Gasteiger partial charge is 0.161 e. The molecule has 0 spiro atoms. The van der Waals surface area contributed by atoms with Crippen LogP contribution in [0.5, 0.6) is 0 Å². The maximum Gasteiger partial charge on any atom is 0.161 e. The molecule has 5 nitrogen and oxygen atoms in total. The molecule has 0 aliphatic rings. The average Bonchev–Trinajstić information content (AvgIpc) is 3.80. The van der Waals surface area contributed by atoms with Gasteiger partial charge in [0.2, 0.25) is 0 Å². The molecule has 0 saturated heterocycles. The van der Waals surface area contributed by atoms with E-state index in [9.17, 15) is 0 Å². The van der Waals surface area contributed by atoms with Gasteiger partial charge in [0.05, 0.1) is 22.4 Å². The first-order chi connectivity index (χ1) is 26.7. The van der Waals surface area contributed by atoms with Crippen molar-refractivity contribution in [1.29, 1.82) is 0 Å². The molecule has 5 heteroatoms. The zero-order chi connectivity index (χ0) is 35.6. The minimum atomic E-state index is 0.637. The first-order valence-corrected chi connectivity index (χ1v) is 18.1. The third-order valence-corrected chi connectivity index (χ3v) is 10.4. The zero-order valence-electron chi connectivity index (χ0n) is 29.0. The van der Waals surface area contributed by atoms with E-state index in [0.717, 1.165) is 78.0 Å². The Morgan fingerprint density at radius 2 is 1.09 bits per heavy atom. The first-order valence-electron chi connectivity index (χ1n) is 18.1. The summed E-state index contributed by atoms with van der Waals surface area (Å²) in [5.41, 5.74) is 12.3. The number of hydrogen-bond acceptors (Lipinski definition) is 4. The van der Waals surface area contributed by atoms with Crippen molar-refractivity contribution in [1.82, 2.24) is 19.5 Å². The van der Waals surface area contributed by atoms with Crippen LogP contribution >= 0.6 is 0 Å². The Kier molecular flexibility index (Phi) is 6.79. The predicted molar refractivity (Wildman–Crippen MR) is 221 cm³/mol. The van der Waals surface area contributed by atoms with E-state index in [-0.39, 0.29) is 0 Å². The summed E-state index contributed by atoms with van der Waals surface area (Å²) in [4.78, 5) is 15.4. The normalized spacial score (nSPS) is 11.7. The number of hydrogen-bond donors (Lipinski definition) is 0. The van der Waals surface area contributed by atoms with Gasteiger partial charge in [-0.2, -0.15) is 0 Å². The van der Waals surface area contributed by atoms with E-state index < -0.39 is 0 Å². The minimum Gasteiger partial charge on any atom is -0.454 e. The third-order valence-electron chi connectivity index (χ3n) is 10.4. The lowest BCUT2D eigenvalue weighted by Gasteiger charge is -2.15. The van der Waals surface area contributed by atoms with E-state index in [2.05, 4.69) is 150 Å². The van der Waals surface area contributed by atoms with Gasteiger partial charge in [0, 0.05) is 50.3 Å². The molecule has 11 aromatic rings. The number of furan rings is 1. The highest BCUT2D eigenvalue weighted by Gasteiger charge is 2.19. The Hall–Kier alpha value is -7.37. The lowest BCUT2D eigenvalue weighted by Crippen LogP contribution is -1.99. The monoisotopic (exact) mass is 690 g/mol. The van der Waals surface area contributed by atoms with Crippen molar-refractivity contribution in [2.45, 2.75) is 0 Å². The van der Waals surface area contributed by atoms with E-state index in [1.54, 1.807) is 0 Å². The van der Waals surface area contributed by atoms with Crippen LogP contribution in [0.15, 0.2) is 187 Å². The van der Waals surface area contributed by atoms with Crippen LogP contribution in [0.25, 0.3) is 105 Å². The molecule has 0 amide bonds. The van der Waals surface area contributed by atoms with Crippen molar-refractivity contribution in [2.75, 3.05) is 0 Å². The van der Waals surface area contributed by atoms with Gasteiger partial charge < -0.3 is 8.98 Å². The van der Waals surface area contributed by atoms with Crippen molar-refractivity contribution in [3.8, 4) is 50.7 Å². The summed E-state index contributed by atoms with van der Waals surface area (Å²) < 4.78 is 8.89. The van der Waals surface area contributed by atoms with Crippen LogP contribution in [0.3, 0.4) is 0 Å². The number of para-hydroxylation sites is 3. The molecule has 0 unspecified atom stereocenters. The topological polar surface area (TPSA) is 56.7 Å². The number of rotatable bonds is 5. The largest absolute Gasteiger partial charge is 0.454 e. The van der Waals surface area contributed by atoms with Gasteiger partial charge in [0.1, 0.15) is 11.1 Å². The average molecular weight is 691 g/mol. The molecule has 0 fully saturated rings. The summed E-state index contributed by atoms with van der Waals surface area (Å²) in [6.45, 7) is 0. The molecule has 0 aliphatic heterocycles. The van der Waals surface area contributed by atoms with Crippen LogP contribution in [0, 0.1) is 0 Å². The van der Waals surface area contributed by atoms with Crippen molar-refractivity contribution in [2.24, 2.45) is 0 Å². The number of aromatic nitrogens is 4. The molecular formula is C49H30N4O. The molecule has 0 saturated carbocycles. The summed E-state index contributed by atoms with van der Waals surface area (Å²) in [5.74, 6) is 0.637. The zero-order valence-corrected chi connectivity index (χ0v) is 29.0. The molecule has 0 atom stereocenters. The Morgan fingerprint density at radius 3 is 1.89 bits per heavy atom. The van der Waals surface area contributed by atoms with Crippen LogP contribution in [0.1, 0.15) is 0 Å². The molecular weight excluding hydrogens is 661 g/mol. The number of benzene rings is 7. The minimum absolute atomic E-state index is 0.637. The quantitative estimate of drug-likeness (QED) is 0.180. The van der Waals surface area contributed by atoms with Crippen molar-refractivity contribution in [3.63, 3.8) is 0 Å². The summed E-state index contributed by atoms with van der Waals surface area (Å²) in [6.07, 6.45) is 1.87. The van der Waals surface area contributed by atoms with Crippen LogP contribution in [0.2, 0.25) is 0 Å². The van der Waals surface area contributed by atoms with E-state index >= 15 is 0 Å². The molecule has 11 rings (SSSR count). The number of fused-ring (bicyclic) bond motifs is 7. The van der Waals surface area contributed by atoms with Gasteiger partial charge in [0.25, 0.3) is 0 Å². The second kappa shape index (κ2) is 12.1. The van der Waals surface area contributed by atoms with Crippen molar-refractivity contribution >= 4 is 54.6 Å². The van der Waals surface area contributed by atoms with Gasteiger partial charge in [-0.25, -0.2) is 9.97 Å². The first kappa shape index (κ1) is 30.3. The standard InChI is InChI=1S/C49H30N4O/c1-2-13-32(14-3-1)42-30-43(34-23-22-31-12-4-5-15-33(31)26-34)52-49(51-42)36-27-35(38-24-25-50-47-41-18-8-11-21-46(41)54-48(38)47)28-37(29-36)53-44-19-9-6-16-39(44)40-17-7-10-20-45(40)53/h1-30H. The van der Waals surface area contributed by atoms with Gasteiger partial charge in [-0.05, 0) is 77.0 Å². The maximum absolute atomic E-state index is 6.54. The molecule has 7 aromatic carbocycles. The van der Waals surface area contributed by atoms with Crippen molar-refractivity contribution < 1.29 is 4.42 Å². The van der Waals surface area contributed by atoms with Crippen LogP contribution in [0.4, 0.5) is 0 Å². The fourth-order valence-electron chi connectivity index (χ4n) is 7.89. The third kappa shape index (κ3) is 4.90. The molecule has 252 valence electrons. The molecule has 0 bridgehead atoms. The van der Waals surface area contributed by atoms with Crippen molar-refractivity contribution in [3.05, 3.63) is 182 Å². The second-order valence-corrected chi connectivity index (χ2v) is 13.7. The SMILES string of the molecule is c1ccc(-c2cc(-c3ccc4ccccc4c3)nc(-c3cc(-c4ccnc5c4oc4ccccc45)cc(-n4c5ccccc5c5ccccc54)c3)n2)cc1. The summed E-state index contributed by atoms with van der Waals surface area (Å²) in [5, 5.41) is 5.75. The second-order valence-electron chi connectivity index (χ2n) is 13.7. The maximum atomic E-state index is 6.54. The number of pyridine rings is 1. The predicted octanol–water partition coefficient (Wildman–Crippen LogP) is 12.7.